The van der Waals surface area contributed by atoms with Crippen LogP contribution in [-0.2, 0) is 6.42 Å². The molecule has 1 saturated carbocycles. The van der Waals surface area contributed by atoms with E-state index in [2.05, 4.69) is 41.7 Å². The van der Waals surface area contributed by atoms with Crippen molar-refractivity contribution in [1.82, 2.24) is 9.97 Å². The molecule has 1 aliphatic rings. The Kier molecular flexibility index (Phi) is 5.85. The molecule has 1 aromatic heterocycles. The number of nitrogens with zero attached hydrogens (tertiary/aromatic N) is 2. The molecule has 20 heavy (non-hydrogen) atoms. The largest absolute Gasteiger partial charge is 0.236 e. The molecule has 1 fully saturated rings. The molecule has 2 rings (SSSR count). The number of halogens is 2. The van der Waals surface area contributed by atoms with E-state index in [9.17, 15) is 0 Å². The fourth-order valence-electron chi connectivity index (χ4n) is 3.08. The van der Waals surface area contributed by atoms with E-state index in [4.69, 9.17) is 16.6 Å². The Labute approximate surface area is 135 Å². The fourth-order valence-corrected chi connectivity index (χ4v) is 3.62. The second kappa shape index (κ2) is 7.22. The van der Waals surface area contributed by atoms with Crippen LogP contribution in [0.1, 0.15) is 70.3 Å². The summed E-state index contributed by atoms with van der Waals surface area (Å²) in [6.45, 7) is 6.69. The third kappa shape index (κ3) is 3.94. The minimum atomic E-state index is 0.491. The molecule has 2 atom stereocenters. The zero-order chi connectivity index (χ0) is 14.7. The molecule has 112 valence electrons. The predicted molar refractivity (Wildman–Crippen MR) is 88.3 cm³/mol. The monoisotopic (exact) mass is 358 g/mol. The van der Waals surface area contributed by atoms with Crippen molar-refractivity contribution in [2.75, 3.05) is 0 Å². The molecule has 1 aliphatic carbocycles. The lowest BCUT2D eigenvalue weighted by Crippen LogP contribution is -2.17. The van der Waals surface area contributed by atoms with Crippen molar-refractivity contribution in [2.45, 2.75) is 65.2 Å². The summed E-state index contributed by atoms with van der Waals surface area (Å²) in [5, 5.41) is 0.573. The zero-order valence-corrected chi connectivity index (χ0v) is 15.0. The van der Waals surface area contributed by atoms with Gasteiger partial charge in [0.25, 0.3) is 0 Å². The van der Waals surface area contributed by atoms with E-state index in [-0.39, 0.29) is 0 Å². The first kappa shape index (κ1) is 16.2. The van der Waals surface area contributed by atoms with Gasteiger partial charge in [-0.1, -0.05) is 51.6 Å². The molecule has 0 radical (unpaired) electrons. The van der Waals surface area contributed by atoms with E-state index >= 15 is 0 Å². The van der Waals surface area contributed by atoms with E-state index in [1.165, 1.54) is 32.1 Å². The highest BCUT2D eigenvalue weighted by Crippen LogP contribution is 2.37. The minimum absolute atomic E-state index is 0.491. The Morgan fingerprint density at radius 1 is 1.30 bits per heavy atom. The van der Waals surface area contributed by atoms with Crippen LogP contribution in [0.2, 0.25) is 5.15 Å². The Hall–Kier alpha value is -0.150. The van der Waals surface area contributed by atoms with Gasteiger partial charge in [0.1, 0.15) is 11.0 Å². The maximum Gasteiger partial charge on any atom is 0.147 e. The Bertz CT molecular complexity index is 462. The van der Waals surface area contributed by atoms with Gasteiger partial charge in [-0.15, -0.1) is 0 Å². The predicted octanol–water partition coefficient (Wildman–Crippen LogP) is 5.77. The average molecular weight is 360 g/mol. The van der Waals surface area contributed by atoms with Crippen LogP contribution in [0.25, 0.3) is 0 Å². The van der Waals surface area contributed by atoms with Crippen molar-refractivity contribution < 1.29 is 0 Å². The van der Waals surface area contributed by atoms with E-state index in [1.54, 1.807) is 0 Å². The van der Waals surface area contributed by atoms with Gasteiger partial charge in [-0.25, -0.2) is 9.97 Å². The molecule has 4 heteroatoms. The van der Waals surface area contributed by atoms with Crippen LogP contribution in [-0.4, -0.2) is 9.97 Å². The summed E-state index contributed by atoms with van der Waals surface area (Å²) in [7, 11) is 0. The van der Waals surface area contributed by atoms with Crippen LogP contribution >= 0.6 is 27.5 Å². The normalized spacial score (nSPS) is 23.3. The molecule has 1 aromatic rings. The molecule has 0 saturated heterocycles. The second-order valence-corrected chi connectivity index (χ2v) is 7.52. The summed E-state index contributed by atoms with van der Waals surface area (Å²) in [5.74, 6) is 2.85. The summed E-state index contributed by atoms with van der Waals surface area (Å²) in [5.41, 5.74) is 1.06. The molecule has 0 N–H and O–H groups in total. The lowest BCUT2D eigenvalue weighted by Gasteiger charge is -2.27. The lowest BCUT2D eigenvalue weighted by molar-refractivity contribution is 0.306. The lowest BCUT2D eigenvalue weighted by atomic mass is 9.80. The molecule has 1 heterocycles. The molecule has 0 aliphatic heterocycles. The van der Waals surface area contributed by atoms with Crippen molar-refractivity contribution in [3.8, 4) is 0 Å². The molecule has 2 nitrogen and oxygen atoms in total. The minimum Gasteiger partial charge on any atom is -0.236 e. The number of rotatable bonds is 4. The van der Waals surface area contributed by atoms with Crippen LogP contribution in [0.15, 0.2) is 4.47 Å². The van der Waals surface area contributed by atoms with Gasteiger partial charge >= 0.3 is 0 Å². The Morgan fingerprint density at radius 2 is 2.05 bits per heavy atom. The summed E-state index contributed by atoms with van der Waals surface area (Å²) in [4.78, 5) is 9.36. The van der Waals surface area contributed by atoms with Gasteiger partial charge in [0.2, 0.25) is 0 Å². The standard InChI is InChI=1S/C16H24BrClN2/c1-4-11-6-5-7-12(9-11)16-19-13(8-10(2)3)14(17)15(18)20-16/h10-12H,4-9H2,1-3H3. The van der Waals surface area contributed by atoms with Gasteiger partial charge in [-0.3, -0.25) is 0 Å². The fraction of sp³-hybridized carbons (Fsp3) is 0.750. The van der Waals surface area contributed by atoms with Gasteiger partial charge in [-0.05, 0) is 47.0 Å². The van der Waals surface area contributed by atoms with Gasteiger partial charge in [0, 0.05) is 5.92 Å². The van der Waals surface area contributed by atoms with Crippen LogP contribution < -0.4 is 0 Å². The maximum atomic E-state index is 6.29. The van der Waals surface area contributed by atoms with Crippen LogP contribution in [0.5, 0.6) is 0 Å². The molecule has 0 spiro atoms. The molecule has 0 amide bonds. The molecular weight excluding hydrogens is 336 g/mol. The van der Waals surface area contributed by atoms with Crippen molar-refractivity contribution in [1.29, 1.82) is 0 Å². The van der Waals surface area contributed by atoms with Crippen molar-refractivity contribution >= 4 is 27.5 Å². The topological polar surface area (TPSA) is 25.8 Å². The van der Waals surface area contributed by atoms with Gasteiger partial charge in [0.05, 0.1) is 10.2 Å². The van der Waals surface area contributed by atoms with E-state index in [1.807, 2.05) is 0 Å². The van der Waals surface area contributed by atoms with Gasteiger partial charge < -0.3 is 0 Å². The highest BCUT2D eigenvalue weighted by molar-refractivity contribution is 9.10. The highest BCUT2D eigenvalue weighted by atomic mass is 79.9. The maximum absolute atomic E-state index is 6.29. The summed E-state index contributed by atoms with van der Waals surface area (Å²) in [6, 6.07) is 0. The number of hydrogen-bond donors (Lipinski definition) is 0. The quantitative estimate of drug-likeness (QED) is 0.637. The van der Waals surface area contributed by atoms with E-state index in [0.29, 0.717) is 17.0 Å². The van der Waals surface area contributed by atoms with Gasteiger partial charge in [0.15, 0.2) is 0 Å². The number of hydrogen-bond acceptors (Lipinski definition) is 2. The number of aromatic nitrogens is 2. The smallest absolute Gasteiger partial charge is 0.147 e. The first-order chi connectivity index (χ1) is 9.51. The third-order valence-corrected chi connectivity index (χ3v) is 5.56. The van der Waals surface area contributed by atoms with E-state index in [0.717, 1.165) is 28.3 Å². The van der Waals surface area contributed by atoms with Crippen LogP contribution in [0.3, 0.4) is 0 Å². The Balaban J connectivity index is 2.25. The molecule has 0 bridgehead atoms. The van der Waals surface area contributed by atoms with E-state index < -0.39 is 0 Å². The summed E-state index contributed by atoms with van der Waals surface area (Å²) in [6.07, 6.45) is 7.28. The van der Waals surface area contributed by atoms with Crippen LogP contribution in [0, 0.1) is 11.8 Å². The molecule has 2 unspecified atom stereocenters. The van der Waals surface area contributed by atoms with Crippen molar-refractivity contribution in [2.24, 2.45) is 11.8 Å². The molecule has 0 aromatic carbocycles. The SMILES string of the molecule is CCC1CCCC(c2nc(Cl)c(Br)c(CC(C)C)n2)C1. The molecular formula is C16H24BrClN2. The van der Waals surface area contributed by atoms with Gasteiger partial charge in [-0.2, -0.15) is 0 Å². The Morgan fingerprint density at radius 3 is 2.70 bits per heavy atom. The summed E-state index contributed by atoms with van der Waals surface area (Å²) >= 11 is 9.83. The third-order valence-electron chi connectivity index (χ3n) is 4.22. The first-order valence-corrected chi connectivity index (χ1v) is 8.90. The van der Waals surface area contributed by atoms with Crippen molar-refractivity contribution in [3.63, 3.8) is 0 Å². The van der Waals surface area contributed by atoms with Crippen molar-refractivity contribution in [3.05, 3.63) is 21.1 Å². The second-order valence-electron chi connectivity index (χ2n) is 6.37. The first-order valence-electron chi connectivity index (χ1n) is 7.73. The zero-order valence-electron chi connectivity index (χ0n) is 12.6. The van der Waals surface area contributed by atoms with Crippen LogP contribution in [0.4, 0.5) is 0 Å². The highest BCUT2D eigenvalue weighted by Gasteiger charge is 2.25. The average Bonchev–Trinajstić information content (AvgIpc) is 2.43. The summed E-state index contributed by atoms with van der Waals surface area (Å²) < 4.78 is 0.875.